The Morgan fingerprint density at radius 1 is 0.923 bits per heavy atom. The Morgan fingerprint density at radius 3 is 1.92 bits per heavy atom. The molecule has 0 radical (unpaired) electrons. The molecule has 0 saturated heterocycles. The van der Waals surface area contributed by atoms with Gasteiger partial charge in [-0.1, -0.05) is 34.1 Å². The quantitative estimate of drug-likeness (QED) is 0.567. The molecular formula is C13H26. The number of hydrogen-bond acceptors (Lipinski definition) is 0. The summed E-state index contributed by atoms with van der Waals surface area (Å²) in [5.41, 5.74) is 0. The van der Waals surface area contributed by atoms with Gasteiger partial charge in [-0.2, -0.15) is 0 Å². The van der Waals surface area contributed by atoms with Crippen molar-refractivity contribution >= 4 is 0 Å². The van der Waals surface area contributed by atoms with E-state index in [-0.39, 0.29) is 0 Å². The molecule has 0 heteroatoms. The van der Waals surface area contributed by atoms with Gasteiger partial charge in [-0.15, -0.1) is 0 Å². The topological polar surface area (TPSA) is 0 Å². The van der Waals surface area contributed by atoms with Crippen LogP contribution in [0.25, 0.3) is 0 Å². The van der Waals surface area contributed by atoms with Crippen LogP contribution >= 0.6 is 0 Å². The highest BCUT2D eigenvalue weighted by Crippen LogP contribution is 2.42. The first-order chi connectivity index (χ1) is 6.09. The zero-order chi connectivity index (χ0) is 9.84. The second kappa shape index (κ2) is 5.02. The summed E-state index contributed by atoms with van der Waals surface area (Å²) >= 11 is 0. The van der Waals surface area contributed by atoms with Crippen molar-refractivity contribution in [3.63, 3.8) is 0 Å². The first-order valence-corrected chi connectivity index (χ1v) is 6.09. The SMILES string of the molecule is CC(C)CCC(CC(C)C)C1CC1. The van der Waals surface area contributed by atoms with Crippen LogP contribution in [0.5, 0.6) is 0 Å². The van der Waals surface area contributed by atoms with Crippen molar-refractivity contribution in [2.75, 3.05) is 0 Å². The van der Waals surface area contributed by atoms with Crippen molar-refractivity contribution in [3.05, 3.63) is 0 Å². The molecule has 0 aromatic carbocycles. The summed E-state index contributed by atoms with van der Waals surface area (Å²) in [6.07, 6.45) is 7.44. The summed E-state index contributed by atoms with van der Waals surface area (Å²) in [6.45, 7) is 9.42. The predicted octanol–water partition coefficient (Wildman–Crippen LogP) is 4.49. The normalized spacial score (nSPS) is 19.8. The van der Waals surface area contributed by atoms with Gasteiger partial charge in [0.2, 0.25) is 0 Å². The van der Waals surface area contributed by atoms with Gasteiger partial charge in [0.1, 0.15) is 0 Å². The summed E-state index contributed by atoms with van der Waals surface area (Å²) < 4.78 is 0. The molecule has 1 aliphatic carbocycles. The smallest absolute Gasteiger partial charge is 0.0383 e. The van der Waals surface area contributed by atoms with E-state index in [0.29, 0.717) is 0 Å². The zero-order valence-electron chi connectivity index (χ0n) is 9.84. The van der Waals surface area contributed by atoms with E-state index in [1.807, 2.05) is 0 Å². The Kier molecular flexibility index (Phi) is 4.28. The number of hydrogen-bond donors (Lipinski definition) is 0. The van der Waals surface area contributed by atoms with Gasteiger partial charge in [0, 0.05) is 0 Å². The summed E-state index contributed by atoms with van der Waals surface area (Å²) in [5, 5.41) is 0. The van der Waals surface area contributed by atoms with Gasteiger partial charge >= 0.3 is 0 Å². The van der Waals surface area contributed by atoms with Gasteiger partial charge in [0.25, 0.3) is 0 Å². The van der Waals surface area contributed by atoms with Crippen LogP contribution in [-0.4, -0.2) is 0 Å². The van der Waals surface area contributed by atoms with Crippen LogP contribution in [0.15, 0.2) is 0 Å². The Balaban J connectivity index is 2.21. The molecule has 0 aromatic rings. The predicted molar refractivity (Wildman–Crippen MR) is 59.7 cm³/mol. The molecule has 0 spiro atoms. The Hall–Kier alpha value is 0. The second-order valence-corrected chi connectivity index (χ2v) is 5.70. The standard InChI is InChI=1S/C13H26/c1-10(2)5-6-13(9-11(3)4)12-7-8-12/h10-13H,5-9H2,1-4H3. The maximum absolute atomic E-state index is 2.37. The highest BCUT2D eigenvalue weighted by molar-refractivity contribution is 4.82. The summed E-state index contributed by atoms with van der Waals surface area (Å²) in [7, 11) is 0. The van der Waals surface area contributed by atoms with Crippen molar-refractivity contribution in [2.24, 2.45) is 23.7 Å². The maximum Gasteiger partial charge on any atom is -0.0383 e. The van der Waals surface area contributed by atoms with Crippen molar-refractivity contribution in [1.29, 1.82) is 0 Å². The highest BCUT2D eigenvalue weighted by Gasteiger charge is 2.30. The maximum atomic E-state index is 2.37. The van der Waals surface area contributed by atoms with Crippen molar-refractivity contribution in [1.82, 2.24) is 0 Å². The van der Waals surface area contributed by atoms with Crippen LogP contribution in [-0.2, 0) is 0 Å². The molecule has 78 valence electrons. The zero-order valence-corrected chi connectivity index (χ0v) is 9.84. The summed E-state index contributed by atoms with van der Waals surface area (Å²) in [4.78, 5) is 0. The van der Waals surface area contributed by atoms with Gasteiger partial charge in [-0.25, -0.2) is 0 Å². The van der Waals surface area contributed by atoms with Crippen LogP contribution in [0, 0.1) is 23.7 Å². The van der Waals surface area contributed by atoms with Crippen molar-refractivity contribution in [3.8, 4) is 0 Å². The average molecular weight is 182 g/mol. The van der Waals surface area contributed by atoms with E-state index in [2.05, 4.69) is 27.7 Å². The summed E-state index contributed by atoms with van der Waals surface area (Å²) in [6, 6.07) is 0. The molecular weight excluding hydrogens is 156 g/mol. The lowest BCUT2D eigenvalue weighted by atomic mass is 9.87. The molecule has 0 amide bonds. The Labute approximate surface area is 84.1 Å². The highest BCUT2D eigenvalue weighted by atomic mass is 14.4. The van der Waals surface area contributed by atoms with E-state index in [0.717, 1.165) is 23.7 Å². The van der Waals surface area contributed by atoms with Crippen LogP contribution in [0.2, 0.25) is 0 Å². The van der Waals surface area contributed by atoms with E-state index < -0.39 is 0 Å². The fourth-order valence-corrected chi connectivity index (χ4v) is 2.27. The molecule has 1 unspecified atom stereocenters. The van der Waals surface area contributed by atoms with Crippen molar-refractivity contribution < 1.29 is 0 Å². The lowest BCUT2D eigenvalue weighted by Crippen LogP contribution is -2.08. The first kappa shape index (κ1) is 11.1. The molecule has 1 atom stereocenters. The van der Waals surface area contributed by atoms with Crippen LogP contribution in [0.4, 0.5) is 0 Å². The third-order valence-electron chi connectivity index (χ3n) is 3.18. The minimum absolute atomic E-state index is 0.897. The molecule has 0 nitrogen and oxygen atoms in total. The van der Waals surface area contributed by atoms with Gasteiger partial charge in [-0.3, -0.25) is 0 Å². The molecule has 1 saturated carbocycles. The first-order valence-electron chi connectivity index (χ1n) is 6.09. The lowest BCUT2D eigenvalue weighted by Gasteiger charge is -2.19. The monoisotopic (exact) mass is 182 g/mol. The summed E-state index contributed by atoms with van der Waals surface area (Å²) in [5.74, 6) is 3.97. The average Bonchev–Trinajstić information content (AvgIpc) is 2.78. The molecule has 0 aliphatic heterocycles. The molecule has 0 heterocycles. The van der Waals surface area contributed by atoms with E-state index in [4.69, 9.17) is 0 Å². The third kappa shape index (κ3) is 4.69. The van der Waals surface area contributed by atoms with Gasteiger partial charge in [0.15, 0.2) is 0 Å². The minimum atomic E-state index is 0.897. The molecule has 1 rings (SSSR count). The van der Waals surface area contributed by atoms with E-state index in [1.54, 1.807) is 0 Å². The van der Waals surface area contributed by atoms with E-state index in [1.165, 1.54) is 32.1 Å². The van der Waals surface area contributed by atoms with Crippen LogP contribution in [0.1, 0.15) is 59.8 Å². The number of rotatable bonds is 6. The lowest BCUT2D eigenvalue weighted by molar-refractivity contribution is 0.322. The molecule has 1 fully saturated rings. The van der Waals surface area contributed by atoms with Gasteiger partial charge < -0.3 is 0 Å². The Bertz CT molecular complexity index is 131. The molecule has 0 aromatic heterocycles. The van der Waals surface area contributed by atoms with E-state index in [9.17, 15) is 0 Å². The van der Waals surface area contributed by atoms with Gasteiger partial charge in [-0.05, 0) is 49.4 Å². The fraction of sp³-hybridized carbons (Fsp3) is 1.00. The van der Waals surface area contributed by atoms with Crippen LogP contribution in [0.3, 0.4) is 0 Å². The largest absolute Gasteiger partial charge is 0.0628 e. The molecule has 0 bridgehead atoms. The molecule has 0 N–H and O–H groups in total. The van der Waals surface area contributed by atoms with Crippen LogP contribution < -0.4 is 0 Å². The minimum Gasteiger partial charge on any atom is -0.0628 e. The molecule has 1 aliphatic rings. The third-order valence-corrected chi connectivity index (χ3v) is 3.18. The second-order valence-electron chi connectivity index (χ2n) is 5.70. The van der Waals surface area contributed by atoms with E-state index >= 15 is 0 Å². The Morgan fingerprint density at radius 2 is 1.54 bits per heavy atom. The molecule has 13 heavy (non-hydrogen) atoms. The fourth-order valence-electron chi connectivity index (χ4n) is 2.27. The van der Waals surface area contributed by atoms with Crippen molar-refractivity contribution in [2.45, 2.75) is 59.8 Å². The van der Waals surface area contributed by atoms with Gasteiger partial charge in [0.05, 0.1) is 0 Å².